The fraction of sp³-hybridized carbons (Fsp3) is 0.0909. The lowest BCUT2D eigenvalue weighted by Crippen LogP contribution is -2.00. The second-order valence-corrected chi connectivity index (χ2v) is 3.50. The normalized spacial score (nSPS) is 10.6. The van der Waals surface area contributed by atoms with Gasteiger partial charge in [-0.3, -0.25) is 4.79 Å². The summed E-state index contributed by atoms with van der Waals surface area (Å²) < 4.78 is 0. The Morgan fingerprint density at radius 3 is 2.50 bits per heavy atom. The van der Waals surface area contributed by atoms with Gasteiger partial charge in [0.25, 0.3) is 0 Å². The molecule has 84 valence electrons. The molecule has 0 saturated heterocycles. The second kappa shape index (κ2) is 5.32. The Labute approximate surface area is 96.8 Å². The maximum Gasteiger partial charge on any atom is 0.328 e. The van der Waals surface area contributed by atoms with Crippen molar-refractivity contribution in [3.63, 3.8) is 0 Å². The molecule has 0 saturated carbocycles. The molecular formula is C11H9ClO4. The summed E-state index contributed by atoms with van der Waals surface area (Å²) in [5.74, 6) is -2.01. The molecule has 1 aromatic rings. The third-order valence-corrected chi connectivity index (χ3v) is 2.19. The van der Waals surface area contributed by atoms with Crippen molar-refractivity contribution in [1.82, 2.24) is 0 Å². The summed E-state index contributed by atoms with van der Waals surface area (Å²) in [5.41, 5.74) is 1.11. The molecule has 4 nitrogen and oxygen atoms in total. The van der Waals surface area contributed by atoms with Crippen molar-refractivity contribution in [2.45, 2.75) is 6.42 Å². The van der Waals surface area contributed by atoms with Crippen LogP contribution in [0.3, 0.4) is 0 Å². The lowest BCUT2D eigenvalue weighted by Gasteiger charge is -2.02. The summed E-state index contributed by atoms with van der Waals surface area (Å²) in [4.78, 5) is 20.7. The minimum Gasteiger partial charge on any atom is -0.481 e. The summed E-state index contributed by atoms with van der Waals surface area (Å²) in [6.45, 7) is 0. The zero-order valence-electron chi connectivity index (χ0n) is 8.18. The third kappa shape index (κ3) is 3.74. The first-order valence-corrected chi connectivity index (χ1v) is 4.78. The van der Waals surface area contributed by atoms with Crippen LogP contribution < -0.4 is 0 Å². The van der Waals surface area contributed by atoms with Crippen molar-refractivity contribution in [2.24, 2.45) is 0 Å². The van der Waals surface area contributed by atoms with Gasteiger partial charge < -0.3 is 10.2 Å². The van der Waals surface area contributed by atoms with Crippen LogP contribution in [-0.4, -0.2) is 22.2 Å². The largest absolute Gasteiger partial charge is 0.481 e. The molecule has 5 heteroatoms. The van der Waals surface area contributed by atoms with E-state index in [1.807, 2.05) is 0 Å². The molecule has 1 aromatic carbocycles. The fourth-order valence-electron chi connectivity index (χ4n) is 1.14. The highest BCUT2D eigenvalue weighted by Crippen LogP contribution is 2.19. The minimum atomic E-state index is -1.05. The SMILES string of the molecule is O=C(O)C=Cc1ccc(CC(=O)O)c(Cl)c1. The molecule has 0 aliphatic rings. The fourth-order valence-corrected chi connectivity index (χ4v) is 1.40. The smallest absolute Gasteiger partial charge is 0.328 e. The monoisotopic (exact) mass is 240 g/mol. The number of carbonyl (C=O) groups is 2. The van der Waals surface area contributed by atoms with E-state index >= 15 is 0 Å². The molecule has 0 heterocycles. The first-order chi connectivity index (χ1) is 7.49. The van der Waals surface area contributed by atoms with Crippen LogP contribution in [0, 0.1) is 0 Å². The van der Waals surface area contributed by atoms with Crippen molar-refractivity contribution in [3.8, 4) is 0 Å². The highest BCUT2D eigenvalue weighted by Gasteiger charge is 2.05. The van der Waals surface area contributed by atoms with Gasteiger partial charge in [-0.25, -0.2) is 4.79 Å². The van der Waals surface area contributed by atoms with Gasteiger partial charge in [0, 0.05) is 11.1 Å². The number of benzene rings is 1. The van der Waals surface area contributed by atoms with Gasteiger partial charge in [0.2, 0.25) is 0 Å². The van der Waals surface area contributed by atoms with Gasteiger partial charge in [-0.05, 0) is 23.3 Å². The summed E-state index contributed by atoms with van der Waals surface area (Å²) in [7, 11) is 0. The van der Waals surface area contributed by atoms with Crippen molar-refractivity contribution < 1.29 is 19.8 Å². The van der Waals surface area contributed by atoms with E-state index in [0.29, 0.717) is 16.1 Å². The number of carboxylic acids is 2. The summed E-state index contributed by atoms with van der Waals surface area (Å²) >= 11 is 5.84. The molecule has 1 rings (SSSR count). The van der Waals surface area contributed by atoms with Crippen LogP contribution in [0.25, 0.3) is 6.08 Å². The van der Waals surface area contributed by atoms with Crippen LogP contribution in [0.4, 0.5) is 0 Å². The Hall–Kier alpha value is -1.81. The van der Waals surface area contributed by atoms with E-state index in [1.165, 1.54) is 12.1 Å². The van der Waals surface area contributed by atoms with Crippen LogP contribution in [0.5, 0.6) is 0 Å². The lowest BCUT2D eigenvalue weighted by molar-refractivity contribution is -0.136. The average molecular weight is 241 g/mol. The van der Waals surface area contributed by atoms with E-state index in [9.17, 15) is 9.59 Å². The Balaban J connectivity index is 2.90. The lowest BCUT2D eigenvalue weighted by atomic mass is 10.1. The van der Waals surface area contributed by atoms with Crippen LogP contribution >= 0.6 is 11.6 Å². The maximum atomic E-state index is 10.5. The van der Waals surface area contributed by atoms with Gasteiger partial charge in [-0.1, -0.05) is 23.7 Å². The highest BCUT2D eigenvalue weighted by atomic mass is 35.5. The molecule has 0 atom stereocenters. The van der Waals surface area contributed by atoms with E-state index in [2.05, 4.69) is 0 Å². The molecule has 2 N–H and O–H groups in total. The predicted octanol–water partition coefficient (Wildman–Crippen LogP) is 2.06. The van der Waals surface area contributed by atoms with Gasteiger partial charge in [-0.2, -0.15) is 0 Å². The molecule has 0 fully saturated rings. The van der Waals surface area contributed by atoms with Crippen LogP contribution in [-0.2, 0) is 16.0 Å². The number of halogens is 1. The maximum absolute atomic E-state index is 10.5. The van der Waals surface area contributed by atoms with Crippen LogP contribution in [0.15, 0.2) is 24.3 Å². The molecule has 0 amide bonds. The van der Waals surface area contributed by atoms with Crippen molar-refractivity contribution in [2.75, 3.05) is 0 Å². The van der Waals surface area contributed by atoms with Gasteiger partial charge in [0.1, 0.15) is 0 Å². The Morgan fingerprint density at radius 1 is 1.31 bits per heavy atom. The van der Waals surface area contributed by atoms with E-state index < -0.39 is 11.9 Å². The third-order valence-electron chi connectivity index (χ3n) is 1.84. The van der Waals surface area contributed by atoms with E-state index in [-0.39, 0.29) is 6.42 Å². The number of carboxylic acid groups (broad SMARTS) is 2. The van der Waals surface area contributed by atoms with Crippen molar-refractivity contribution in [1.29, 1.82) is 0 Å². The van der Waals surface area contributed by atoms with Gasteiger partial charge in [-0.15, -0.1) is 0 Å². The summed E-state index contributed by atoms with van der Waals surface area (Å²) in [6.07, 6.45) is 2.23. The average Bonchev–Trinajstić information content (AvgIpc) is 2.18. The molecule has 0 radical (unpaired) electrons. The van der Waals surface area contributed by atoms with Crippen LogP contribution in [0.1, 0.15) is 11.1 Å². The molecule has 0 aliphatic carbocycles. The quantitative estimate of drug-likeness (QED) is 0.790. The number of aliphatic carboxylic acids is 2. The molecule has 0 spiro atoms. The molecule has 0 unspecified atom stereocenters. The molecule has 0 bridgehead atoms. The first-order valence-electron chi connectivity index (χ1n) is 4.40. The zero-order valence-corrected chi connectivity index (χ0v) is 8.94. The Morgan fingerprint density at radius 2 is 2.00 bits per heavy atom. The summed E-state index contributed by atoms with van der Waals surface area (Å²) in [5, 5.41) is 17.3. The van der Waals surface area contributed by atoms with Gasteiger partial charge >= 0.3 is 11.9 Å². The van der Waals surface area contributed by atoms with E-state index in [0.717, 1.165) is 6.08 Å². The molecule has 16 heavy (non-hydrogen) atoms. The van der Waals surface area contributed by atoms with Crippen molar-refractivity contribution >= 4 is 29.6 Å². The minimum absolute atomic E-state index is 0.151. The number of hydrogen-bond donors (Lipinski definition) is 2. The Bertz CT molecular complexity index is 451. The van der Waals surface area contributed by atoms with Crippen molar-refractivity contribution in [3.05, 3.63) is 40.4 Å². The molecule has 0 aliphatic heterocycles. The topological polar surface area (TPSA) is 74.6 Å². The predicted molar refractivity (Wildman–Crippen MR) is 59.5 cm³/mol. The number of hydrogen-bond acceptors (Lipinski definition) is 2. The second-order valence-electron chi connectivity index (χ2n) is 3.09. The van der Waals surface area contributed by atoms with Gasteiger partial charge in [0.05, 0.1) is 6.42 Å². The standard InChI is InChI=1S/C11H9ClO4/c12-9-5-7(2-4-10(13)14)1-3-8(9)6-11(15)16/h1-5H,6H2,(H,13,14)(H,15,16). The van der Waals surface area contributed by atoms with Crippen LogP contribution in [0.2, 0.25) is 5.02 Å². The first kappa shape index (κ1) is 12.3. The van der Waals surface area contributed by atoms with Gasteiger partial charge in [0.15, 0.2) is 0 Å². The molecular weight excluding hydrogens is 232 g/mol. The summed E-state index contributed by atoms with van der Waals surface area (Å²) in [6, 6.07) is 4.71. The zero-order chi connectivity index (χ0) is 12.1. The van der Waals surface area contributed by atoms with E-state index in [1.54, 1.807) is 12.1 Å². The van der Waals surface area contributed by atoms with E-state index in [4.69, 9.17) is 21.8 Å². The Kier molecular flexibility index (Phi) is 4.08. The molecule has 0 aromatic heterocycles. The highest BCUT2D eigenvalue weighted by molar-refractivity contribution is 6.31. The number of rotatable bonds is 4.